The molecule has 0 rings (SSSR count). The number of carbonyl (C=O) groups is 1. The van der Waals surface area contributed by atoms with E-state index in [4.69, 9.17) is 4.74 Å². The first-order valence-electron chi connectivity index (χ1n) is 7.11. The fourth-order valence-electron chi connectivity index (χ4n) is 1.51. The number of ether oxygens (including phenoxy) is 1. The first kappa shape index (κ1) is 19.6. The Labute approximate surface area is 123 Å². The number of halogens is 3. The number of carbonyl (C=O) groups excluding carboxylic acids is 1. The molecule has 0 aromatic rings. The van der Waals surface area contributed by atoms with Crippen molar-refractivity contribution >= 4 is 17.7 Å². The van der Waals surface area contributed by atoms with Crippen molar-refractivity contribution in [3.8, 4) is 0 Å². The molecule has 0 saturated carbocycles. The summed E-state index contributed by atoms with van der Waals surface area (Å²) in [5.41, 5.74) is 0. The number of alkyl halides is 3. The van der Waals surface area contributed by atoms with Crippen molar-refractivity contribution in [1.82, 2.24) is 0 Å². The molecule has 0 aliphatic rings. The molecular weight excluding hydrogens is 289 g/mol. The Balaban J connectivity index is 4.21. The van der Waals surface area contributed by atoms with E-state index in [1.54, 1.807) is 0 Å². The zero-order chi connectivity index (χ0) is 15.6. The number of hydrogen-bond donors (Lipinski definition) is 0. The van der Waals surface area contributed by atoms with Gasteiger partial charge in [-0.15, -0.1) is 11.8 Å². The SMILES string of the molecule is CCCCCC(SCCC(F)(F)F)C(=O)OCC(C)C. The molecule has 0 aliphatic carbocycles. The number of hydrogen-bond acceptors (Lipinski definition) is 3. The highest BCUT2D eigenvalue weighted by Gasteiger charge is 2.28. The number of esters is 1. The lowest BCUT2D eigenvalue weighted by Crippen LogP contribution is -2.23. The van der Waals surface area contributed by atoms with Crippen molar-refractivity contribution in [2.45, 2.75) is 64.3 Å². The molecular formula is C14H25F3O2S. The summed E-state index contributed by atoms with van der Waals surface area (Å²) in [5.74, 6) is -0.228. The third-order valence-electron chi connectivity index (χ3n) is 2.60. The van der Waals surface area contributed by atoms with Crippen molar-refractivity contribution < 1.29 is 22.7 Å². The molecule has 0 aliphatic heterocycles. The van der Waals surface area contributed by atoms with Crippen LogP contribution in [0.2, 0.25) is 0 Å². The maximum absolute atomic E-state index is 12.1. The third kappa shape index (κ3) is 11.4. The normalized spacial score (nSPS) is 13.6. The molecule has 1 unspecified atom stereocenters. The van der Waals surface area contributed by atoms with E-state index in [1.165, 1.54) is 0 Å². The van der Waals surface area contributed by atoms with Gasteiger partial charge >= 0.3 is 12.1 Å². The van der Waals surface area contributed by atoms with Crippen LogP contribution >= 0.6 is 11.8 Å². The topological polar surface area (TPSA) is 26.3 Å². The Morgan fingerprint density at radius 3 is 2.40 bits per heavy atom. The van der Waals surface area contributed by atoms with Crippen LogP contribution in [0.3, 0.4) is 0 Å². The summed E-state index contributed by atoms with van der Waals surface area (Å²) in [5, 5.41) is -0.470. The van der Waals surface area contributed by atoms with Crippen LogP contribution in [0.5, 0.6) is 0 Å². The first-order valence-corrected chi connectivity index (χ1v) is 8.16. The molecule has 0 heterocycles. The van der Waals surface area contributed by atoms with Gasteiger partial charge in [-0.05, 0) is 12.3 Å². The fourth-order valence-corrected chi connectivity index (χ4v) is 2.68. The number of thioether (sulfide) groups is 1. The van der Waals surface area contributed by atoms with Crippen LogP contribution < -0.4 is 0 Å². The Morgan fingerprint density at radius 1 is 1.25 bits per heavy atom. The summed E-state index contributed by atoms with van der Waals surface area (Å²) < 4.78 is 41.6. The quantitative estimate of drug-likeness (QED) is 0.427. The number of unbranched alkanes of at least 4 members (excludes halogenated alkanes) is 2. The van der Waals surface area contributed by atoms with E-state index in [9.17, 15) is 18.0 Å². The molecule has 0 spiro atoms. The van der Waals surface area contributed by atoms with Gasteiger partial charge in [-0.2, -0.15) is 13.2 Å². The Morgan fingerprint density at radius 2 is 1.90 bits per heavy atom. The van der Waals surface area contributed by atoms with Crippen LogP contribution in [0.25, 0.3) is 0 Å². The molecule has 0 saturated heterocycles. The Bertz CT molecular complexity index is 268. The molecule has 0 fully saturated rings. The highest BCUT2D eigenvalue weighted by Crippen LogP contribution is 2.26. The van der Waals surface area contributed by atoms with Crippen molar-refractivity contribution in [1.29, 1.82) is 0 Å². The summed E-state index contributed by atoms with van der Waals surface area (Å²) in [6.07, 6.45) is -1.60. The van der Waals surface area contributed by atoms with Crippen LogP contribution in [0.15, 0.2) is 0 Å². The van der Waals surface area contributed by atoms with Crippen molar-refractivity contribution in [3.63, 3.8) is 0 Å². The second-order valence-corrected chi connectivity index (χ2v) is 6.55. The van der Waals surface area contributed by atoms with Gasteiger partial charge in [0.25, 0.3) is 0 Å². The molecule has 6 heteroatoms. The summed E-state index contributed by atoms with van der Waals surface area (Å²) in [4.78, 5) is 11.9. The van der Waals surface area contributed by atoms with Gasteiger partial charge in [0.05, 0.1) is 13.0 Å². The minimum atomic E-state index is -4.16. The van der Waals surface area contributed by atoms with Gasteiger partial charge in [0.2, 0.25) is 0 Å². The summed E-state index contributed by atoms with van der Waals surface area (Å²) in [7, 11) is 0. The average Bonchev–Trinajstić information content (AvgIpc) is 2.32. The molecule has 2 nitrogen and oxygen atoms in total. The summed E-state index contributed by atoms with van der Waals surface area (Å²) in [6.45, 7) is 6.22. The van der Waals surface area contributed by atoms with Crippen molar-refractivity contribution in [2.75, 3.05) is 12.4 Å². The van der Waals surface area contributed by atoms with E-state index in [-0.39, 0.29) is 17.6 Å². The second kappa shape index (κ2) is 10.4. The third-order valence-corrected chi connectivity index (χ3v) is 3.87. The van der Waals surface area contributed by atoms with Gasteiger partial charge in [0.15, 0.2) is 0 Å². The molecule has 0 N–H and O–H groups in total. The summed E-state index contributed by atoms with van der Waals surface area (Å²) >= 11 is 1.06. The van der Waals surface area contributed by atoms with Crippen LogP contribution in [0.1, 0.15) is 52.9 Å². The predicted octanol–water partition coefficient (Wildman–Crippen LogP) is 4.82. The van der Waals surface area contributed by atoms with E-state index in [0.29, 0.717) is 13.0 Å². The van der Waals surface area contributed by atoms with Crippen LogP contribution in [-0.4, -0.2) is 29.8 Å². The highest BCUT2D eigenvalue weighted by molar-refractivity contribution is 8.00. The minimum absolute atomic E-state index is 0.0862. The number of rotatable bonds is 10. The molecule has 0 aromatic carbocycles. The van der Waals surface area contributed by atoms with Crippen molar-refractivity contribution in [2.24, 2.45) is 5.92 Å². The molecule has 120 valence electrons. The molecule has 20 heavy (non-hydrogen) atoms. The molecule has 1 atom stereocenters. The summed E-state index contributed by atoms with van der Waals surface area (Å²) in [6, 6.07) is 0. The molecule has 0 aromatic heterocycles. The monoisotopic (exact) mass is 314 g/mol. The molecule has 0 bridgehead atoms. The standard InChI is InChI=1S/C14H25F3O2S/c1-4-5-6-7-12(13(18)19-10-11(2)3)20-9-8-14(15,16)17/h11-12H,4-10H2,1-3H3. The van der Waals surface area contributed by atoms with E-state index in [1.807, 2.05) is 20.8 Å². The van der Waals surface area contributed by atoms with Gasteiger partial charge in [0, 0.05) is 5.75 Å². The van der Waals surface area contributed by atoms with Gasteiger partial charge in [-0.3, -0.25) is 4.79 Å². The zero-order valence-corrected chi connectivity index (χ0v) is 13.3. The van der Waals surface area contributed by atoms with E-state index < -0.39 is 17.8 Å². The Hall–Kier alpha value is -0.390. The van der Waals surface area contributed by atoms with Crippen LogP contribution in [0, 0.1) is 5.92 Å². The highest BCUT2D eigenvalue weighted by atomic mass is 32.2. The van der Waals surface area contributed by atoms with E-state index in [0.717, 1.165) is 31.0 Å². The lowest BCUT2D eigenvalue weighted by Gasteiger charge is -2.17. The Kier molecular flexibility index (Phi) is 10.2. The lowest BCUT2D eigenvalue weighted by atomic mass is 10.1. The second-order valence-electron chi connectivity index (χ2n) is 5.24. The van der Waals surface area contributed by atoms with Gasteiger partial charge in [0.1, 0.15) is 5.25 Å². The zero-order valence-electron chi connectivity index (χ0n) is 12.5. The maximum Gasteiger partial charge on any atom is 0.389 e. The largest absolute Gasteiger partial charge is 0.465 e. The minimum Gasteiger partial charge on any atom is -0.465 e. The molecule has 0 radical (unpaired) electrons. The van der Waals surface area contributed by atoms with Crippen LogP contribution in [0.4, 0.5) is 13.2 Å². The van der Waals surface area contributed by atoms with Crippen LogP contribution in [-0.2, 0) is 9.53 Å². The van der Waals surface area contributed by atoms with E-state index in [2.05, 4.69) is 0 Å². The van der Waals surface area contributed by atoms with Gasteiger partial charge in [-0.1, -0.05) is 40.0 Å². The lowest BCUT2D eigenvalue weighted by molar-refractivity contribution is -0.144. The molecule has 0 amide bonds. The first-order chi connectivity index (χ1) is 9.26. The van der Waals surface area contributed by atoms with E-state index >= 15 is 0 Å². The maximum atomic E-state index is 12.1. The average molecular weight is 314 g/mol. The fraction of sp³-hybridized carbons (Fsp3) is 0.929. The predicted molar refractivity (Wildman–Crippen MR) is 76.9 cm³/mol. The van der Waals surface area contributed by atoms with Crippen molar-refractivity contribution in [3.05, 3.63) is 0 Å². The smallest absolute Gasteiger partial charge is 0.389 e. The van der Waals surface area contributed by atoms with Gasteiger partial charge in [-0.25, -0.2) is 0 Å². The van der Waals surface area contributed by atoms with Gasteiger partial charge < -0.3 is 4.74 Å².